The Morgan fingerprint density at radius 2 is 0.621 bits per heavy atom. The summed E-state index contributed by atoms with van der Waals surface area (Å²) < 4.78 is 17.8. The third-order valence-electron chi connectivity index (χ3n) is 0.724. The third-order valence-corrected chi connectivity index (χ3v) is 2.17. The molecule has 0 saturated carbocycles. The maximum Gasteiger partial charge on any atom is 0.466 e. The van der Waals surface area contributed by atoms with Gasteiger partial charge in [-0.1, -0.05) is 41.5 Å². The van der Waals surface area contributed by atoms with Crippen LogP contribution in [0, 0.1) is 5.41 Å². The van der Waals surface area contributed by atoms with Gasteiger partial charge >= 0.3 is 15.6 Å². The van der Waals surface area contributed by atoms with Crippen molar-refractivity contribution in [3.05, 3.63) is 0 Å². The second-order valence-electron chi connectivity index (χ2n) is 4.53. The highest BCUT2D eigenvalue weighted by molar-refractivity contribution is 7.45. The van der Waals surface area contributed by atoms with Crippen molar-refractivity contribution in [2.24, 2.45) is 5.41 Å². The van der Waals surface area contributed by atoms with Crippen LogP contribution in [0.15, 0.2) is 0 Å². The van der Waals surface area contributed by atoms with Gasteiger partial charge in [-0.2, -0.15) is 0 Å². The lowest BCUT2D eigenvalue weighted by Gasteiger charge is -2.15. The maximum atomic E-state index is 8.88. The number of hydrogen-bond donors (Lipinski definition) is 6. The van der Waals surface area contributed by atoms with Gasteiger partial charge in [-0.15, -0.1) is 69.6 Å². The summed E-state index contributed by atoms with van der Waals surface area (Å²) in [6.45, 7) is 11.6. The predicted octanol–water partition coefficient (Wildman–Crippen LogP) is 5.61. The van der Waals surface area contributed by atoms with Crippen LogP contribution in [-0.2, 0) is 9.13 Å². The molecule has 0 rings (SSSR count). The lowest BCUT2D eigenvalue weighted by atomic mass is 10.0. The molecule has 0 saturated heterocycles. The van der Waals surface area contributed by atoms with Gasteiger partial charge in [0.25, 0.3) is 0 Å². The van der Waals surface area contributed by atoms with Gasteiger partial charge in [-0.05, 0) is 5.41 Å². The van der Waals surface area contributed by atoms with Crippen molar-refractivity contribution < 1.29 is 38.5 Å². The van der Waals surface area contributed by atoms with Crippen molar-refractivity contribution >= 4 is 85.3 Å². The molecule has 188 valence electrons. The van der Waals surface area contributed by atoms with E-state index < -0.39 is 15.6 Å². The highest BCUT2D eigenvalue weighted by Crippen LogP contribution is 2.26. The molecule has 0 radical (unpaired) electrons. The molecule has 16 heteroatoms. The molecule has 0 aromatic rings. The molecule has 0 amide bonds. The molecular formula is C13H36Cl6O8P2. The Morgan fingerprint density at radius 1 is 0.552 bits per heavy atom. The van der Waals surface area contributed by atoms with Gasteiger partial charge in [0, 0.05) is 35.3 Å². The molecule has 6 N–H and O–H groups in total. The van der Waals surface area contributed by atoms with Crippen molar-refractivity contribution in [3.63, 3.8) is 0 Å². The number of alkyl halides is 6. The van der Waals surface area contributed by atoms with Gasteiger partial charge in [0.05, 0.1) is 0 Å². The van der Waals surface area contributed by atoms with Crippen molar-refractivity contribution in [1.82, 2.24) is 0 Å². The topological polar surface area (TPSA) is 156 Å². The zero-order valence-electron chi connectivity index (χ0n) is 17.4. The zero-order chi connectivity index (χ0) is 25.7. The lowest BCUT2D eigenvalue weighted by Crippen LogP contribution is -2.14. The monoisotopic (exact) mass is 592 g/mol. The van der Waals surface area contributed by atoms with Crippen LogP contribution in [0.5, 0.6) is 0 Å². The largest absolute Gasteiger partial charge is 0.466 e. The summed E-state index contributed by atoms with van der Waals surface area (Å²) in [6.07, 6.45) is 0. The Morgan fingerprint density at radius 3 is 0.621 bits per heavy atom. The Labute approximate surface area is 205 Å². The fourth-order valence-corrected chi connectivity index (χ4v) is 0.321. The van der Waals surface area contributed by atoms with Gasteiger partial charge in [-0.25, -0.2) is 9.13 Å². The molecule has 0 atom stereocenters. The standard InChI is InChI=1S/C5H10Cl2.4C2H5Cl.2H3O4P/c1-5(2,3-6)4-7;4*1-2-3;2*1-5(2,3)4/h3-4H2,1-2H3;4*2H2,1H3;2*(H3,1,2,3,4). The van der Waals surface area contributed by atoms with Crippen molar-refractivity contribution in [2.45, 2.75) is 41.5 Å². The summed E-state index contributed by atoms with van der Waals surface area (Å²) in [7, 11) is -9.28. The van der Waals surface area contributed by atoms with Crippen molar-refractivity contribution in [3.8, 4) is 0 Å². The van der Waals surface area contributed by atoms with Crippen LogP contribution in [-0.4, -0.2) is 64.6 Å². The smallest absolute Gasteiger partial charge is 0.303 e. The minimum atomic E-state index is -4.64. The summed E-state index contributed by atoms with van der Waals surface area (Å²) in [5.74, 6) is 4.16. The molecule has 0 aromatic heterocycles. The SMILES string of the molecule is CC(C)(CCl)CCl.CCCl.CCCl.CCCl.CCCl.O=P(O)(O)O.O=P(O)(O)O. The first-order valence-corrected chi connectivity index (χ1v) is 14.0. The molecule has 0 fully saturated rings. The Kier molecular flexibility index (Phi) is 62.2. The lowest BCUT2D eigenvalue weighted by molar-refractivity contribution is 0.272. The quantitative estimate of drug-likeness (QED) is 0.178. The van der Waals surface area contributed by atoms with E-state index in [0.29, 0.717) is 11.8 Å². The first-order valence-electron chi connectivity index (χ1n) is 7.70. The second kappa shape index (κ2) is 37.3. The minimum absolute atomic E-state index is 0.114. The number of halogens is 6. The van der Waals surface area contributed by atoms with E-state index >= 15 is 0 Å². The molecule has 0 bridgehead atoms. The number of hydrogen-bond acceptors (Lipinski definition) is 2. The van der Waals surface area contributed by atoms with Crippen LogP contribution in [0.3, 0.4) is 0 Å². The molecule has 8 nitrogen and oxygen atoms in total. The molecule has 29 heavy (non-hydrogen) atoms. The van der Waals surface area contributed by atoms with Gasteiger partial charge in [0.2, 0.25) is 0 Å². The van der Waals surface area contributed by atoms with E-state index in [0.717, 1.165) is 23.5 Å². The maximum absolute atomic E-state index is 8.88. The summed E-state index contributed by atoms with van der Waals surface area (Å²) in [5, 5.41) is 0. The first-order chi connectivity index (χ1) is 12.8. The fraction of sp³-hybridized carbons (Fsp3) is 1.00. The summed E-state index contributed by atoms with van der Waals surface area (Å²) in [5.41, 5.74) is 0.114. The van der Waals surface area contributed by atoms with E-state index in [-0.39, 0.29) is 5.41 Å². The normalized spacial score (nSPS) is 9.45. The van der Waals surface area contributed by atoms with E-state index in [2.05, 4.69) is 0 Å². The summed E-state index contributed by atoms with van der Waals surface area (Å²) in [4.78, 5) is 43.1. The van der Waals surface area contributed by atoms with Crippen LogP contribution >= 0.6 is 85.3 Å². The molecule has 0 spiro atoms. The van der Waals surface area contributed by atoms with Crippen LogP contribution in [0.2, 0.25) is 0 Å². The van der Waals surface area contributed by atoms with E-state index in [1.165, 1.54) is 0 Å². The second-order valence-corrected chi connectivity index (χ2v) is 9.25. The molecule has 0 aromatic carbocycles. The summed E-state index contributed by atoms with van der Waals surface area (Å²) in [6, 6.07) is 0. The average molecular weight is 595 g/mol. The van der Waals surface area contributed by atoms with E-state index in [1.807, 2.05) is 41.5 Å². The van der Waals surface area contributed by atoms with Crippen LogP contribution < -0.4 is 0 Å². The Bertz CT molecular complexity index is 293. The third kappa shape index (κ3) is 370. The Balaban J connectivity index is -0.0000000402. The molecule has 0 heterocycles. The van der Waals surface area contributed by atoms with Gasteiger partial charge < -0.3 is 29.4 Å². The highest BCUT2D eigenvalue weighted by atomic mass is 35.5. The van der Waals surface area contributed by atoms with Gasteiger partial charge in [0.15, 0.2) is 0 Å². The summed E-state index contributed by atoms with van der Waals surface area (Å²) >= 11 is 31.0. The molecule has 0 unspecified atom stereocenters. The highest BCUT2D eigenvalue weighted by Gasteiger charge is 2.13. The molecule has 0 aliphatic heterocycles. The van der Waals surface area contributed by atoms with Crippen LogP contribution in [0.1, 0.15) is 41.5 Å². The number of rotatable bonds is 2. The molecular weight excluding hydrogens is 559 g/mol. The Hall–Kier alpha value is 1.96. The molecule has 0 aliphatic rings. The van der Waals surface area contributed by atoms with Crippen LogP contribution in [0.4, 0.5) is 0 Å². The van der Waals surface area contributed by atoms with Crippen LogP contribution in [0.25, 0.3) is 0 Å². The number of phosphoric acid groups is 2. The minimum Gasteiger partial charge on any atom is -0.303 e. The average Bonchev–Trinajstić information content (AvgIpc) is 2.47. The zero-order valence-corrected chi connectivity index (χ0v) is 23.7. The van der Waals surface area contributed by atoms with E-state index in [9.17, 15) is 0 Å². The van der Waals surface area contributed by atoms with E-state index in [4.69, 9.17) is 108 Å². The molecule has 0 aliphatic carbocycles. The van der Waals surface area contributed by atoms with Crippen molar-refractivity contribution in [1.29, 1.82) is 0 Å². The van der Waals surface area contributed by atoms with Gasteiger partial charge in [0.1, 0.15) is 0 Å². The first kappa shape index (κ1) is 48.4. The predicted molar refractivity (Wildman–Crippen MR) is 129 cm³/mol. The van der Waals surface area contributed by atoms with Gasteiger partial charge in [-0.3, -0.25) is 0 Å². The van der Waals surface area contributed by atoms with E-state index in [1.54, 1.807) is 0 Å². The van der Waals surface area contributed by atoms with Crippen molar-refractivity contribution in [2.75, 3.05) is 35.3 Å². The fourth-order valence-electron chi connectivity index (χ4n) is 0.0357.